The van der Waals surface area contributed by atoms with E-state index in [9.17, 15) is 4.79 Å². The summed E-state index contributed by atoms with van der Waals surface area (Å²) in [5, 5.41) is 8.54. The Morgan fingerprint density at radius 3 is 2.95 bits per heavy atom. The van der Waals surface area contributed by atoms with Crippen LogP contribution in [0.3, 0.4) is 0 Å². The summed E-state index contributed by atoms with van der Waals surface area (Å²) in [6, 6.07) is 2.38. The molecule has 0 unspecified atom stereocenters. The van der Waals surface area contributed by atoms with Crippen LogP contribution in [0.1, 0.15) is 30.3 Å². The first-order chi connectivity index (χ1) is 10.1. The second-order valence-electron chi connectivity index (χ2n) is 5.56. The van der Waals surface area contributed by atoms with Crippen molar-refractivity contribution in [2.24, 2.45) is 0 Å². The van der Waals surface area contributed by atoms with E-state index in [0.29, 0.717) is 19.0 Å². The minimum absolute atomic E-state index is 0.175. The van der Waals surface area contributed by atoms with Crippen LogP contribution in [0.5, 0.6) is 0 Å². The van der Waals surface area contributed by atoms with Crippen LogP contribution in [0.15, 0.2) is 18.7 Å². The van der Waals surface area contributed by atoms with Crippen molar-refractivity contribution in [1.29, 1.82) is 0 Å². The topological polar surface area (TPSA) is 68.8 Å². The maximum atomic E-state index is 12.2. The third kappa shape index (κ3) is 2.96. The predicted octanol–water partition coefficient (Wildman–Crippen LogP) is 0.955. The zero-order chi connectivity index (χ0) is 14.8. The third-order valence-corrected chi connectivity index (χ3v) is 3.93. The number of aryl methyl sites for hydroxylation is 3. The van der Waals surface area contributed by atoms with Gasteiger partial charge in [-0.25, -0.2) is 4.98 Å². The molecule has 112 valence electrons. The van der Waals surface area contributed by atoms with E-state index in [2.05, 4.69) is 32.9 Å². The first-order valence-electron chi connectivity index (χ1n) is 7.26. The molecule has 0 saturated carbocycles. The quantitative estimate of drug-likeness (QED) is 0.840. The lowest BCUT2D eigenvalue weighted by Crippen LogP contribution is -2.30. The Kier molecular flexibility index (Phi) is 3.72. The number of likely N-dealkylation sites (tertiary alicyclic amines) is 1. The van der Waals surface area contributed by atoms with Gasteiger partial charge in [0, 0.05) is 25.2 Å². The number of hydrogen-bond donors (Lipinski definition) is 0. The highest BCUT2D eigenvalue weighted by Crippen LogP contribution is 2.23. The zero-order valence-corrected chi connectivity index (χ0v) is 12.4. The van der Waals surface area contributed by atoms with Gasteiger partial charge in [-0.05, 0) is 26.3 Å². The summed E-state index contributed by atoms with van der Waals surface area (Å²) >= 11 is 0. The average molecular weight is 288 g/mol. The van der Waals surface area contributed by atoms with Crippen LogP contribution in [0.4, 0.5) is 0 Å². The molecule has 1 atom stereocenters. The van der Waals surface area contributed by atoms with Crippen LogP contribution >= 0.6 is 0 Å². The van der Waals surface area contributed by atoms with Crippen molar-refractivity contribution in [1.82, 2.24) is 29.4 Å². The molecule has 7 nitrogen and oxygen atoms in total. The lowest BCUT2D eigenvalue weighted by atomic mass is 10.2. The molecule has 2 aromatic heterocycles. The zero-order valence-electron chi connectivity index (χ0n) is 12.4. The van der Waals surface area contributed by atoms with E-state index >= 15 is 0 Å². The van der Waals surface area contributed by atoms with Crippen molar-refractivity contribution >= 4 is 5.91 Å². The van der Waals surface area contributed by atoms with Gasteiger partial charge >= 0.3 is 0 Å². The Balaban J connectivity index is 1.56. The van der Waals surface area contributed by atoms with Crippen molar-refractivity contribution < 1.29 is 4.79 Å². The molecule has 1 amide bonds. The normalized spacial score (nSPS) is 18.4. The minimum Gasteiger partial charge on any atom is -0.340 e. The number of aromatic nitrogens is 5. The van der Waals surface area contributed by atoms with Gasteiger partial charge in [-0.3, -0.25) is 14.2 Å². The lowest BCUT2D eigenvalue weighted by molar-refractivity contribution is -0.130. The van der Waals surface area contributed by atoms with Gasteiger partial charge in [0.05, 0.1) is 18.3 Å². The largest absolute Gasteiger partial charge is 0.340 e. The highest BCUT2D eigenvalue weighted by molar-refractivity contribution is 5.76. The van der Waals surface area contributed by atoms with E-state index in [0.717, 1.165) is 30.9 Å². The average Bonchev–Trinajstić information content (AvgIpc) is 3.16. The summed E-state index contributed by atoms with van der Waals surface area (Å²) < 4.78 is 3.74. The van der Waals surface area contributed by atoms with Gasteiger partial charge in [0.1, 0.15) is 12.7 Å². The summed E-state index contributed by atoms with van der Waals surface area (Å²) in [7, 11) is 0. The van der Waals surface area contributed by atoms with Gasteiger partial charge in [0.15, 0.2) is 0 Å². The summed E-state index contributed by atoms with van der Waals surface area (Å²) in [6.45, 7) is 6.20. The molecule has 1 fully saturated rings. The Hall–Kier alpha value is -2.18. The van der Waals surface area contributed by atoms with Crippen LogP contribution in [0.2, 0.25) is 0 Å². The number of hydrogen-bond acceptors (Lipinski definition) is 4. The molecular formula is C14H20N6O. The van der Waals surface area contributed by atoms with Crippen molar-refractivity contribution in [3.8, 4) is 0 Å². The fourth-order valence-corrected chi connectivity index (χ4v) is 2.90. The molecule has 2 aromatic rings. The molecule has 1 saturated heterocycles. The van der Waals surface area contributed by atoms with E-state index in [1.165, 1.54) is 6.33 Å². The van der Waals surface area contributed by atoms with Gasteiger partial charge < -0.3 is 4.90 Å². The molecule has 0 radical (unpaired) electrons. The molecule has 0 aromatic carbocycles. The summed E-state index contributed by atoms with van der Waals surface area (Å²) in [5.41, 5.74) is 2.19. The third-order valence-electron chi connectivity index (χ3n) is 3.93. The Morgan fingerprint density at radius 1 is 1.43 bits per heavy atom. The molecule has 3 heterocycles. The highest BCUT2D eigenvalue weighted by atomic mass is 16.2. The molecular weight excluding hydrogens is 268 g/mol. The van der Waals surface area contributed by atoms with Crippen LogP contribution in [0, 0.1) is 13.8 Å². The number of amides is 1. The molecule has 1 aliphatic heterocycles. The van der Waals surface area contributed by atoms with Crippen molar-refractivity contribution in [2.75, 3.05) is 13.1 Å². The monoisotopic (exact) mass is 288 g/mol. The fourth-order valence-electron chi connectivity index (χ4n) is 2.90. The first-order valence-corrected chi connectivity index (χ1v) is 7.26. The highest BCUT2D eigenvalue weighted by Gasteiger charge is 2.28. The van der Waals surface area contributed by atoms with Gasteiger partial charge in [0.25, 0.3) is 0 Å². The van der Waals surface area contributed by atoms with Gasteiger partial charge in [0.2, 0.25) is 5.91 Å². The molecule has 0 aliphatic carbocycles. The van der Waals surface area contributed by atoms with Crippen molar-refractivity contribution in [2.45, 2.75) is 39.3 Å². The van der Waals surface area contributed by atoms with E-state index in [4.69, 9.17) is 0 Å². The van der Waals surface area contributed by atoms with Crippen molar-refractivity contribution in [3.63, 3.8) is 0 Å². The van der Waals surface area contributed by atoms with Gasteiger partial charge in [-0.15, -0.1) is 0 Å². The molecule has 7 heteroatoms. The first kappa shape index (κ1) is 13.8. The second kappa shape index (κ2) is 5.67. The molecule has 0 bridgehead atoms. The lowest BCUT2D eigenvalue weighted by Gasteiger charge is -2.17. The Bertz CT molecular complexity index is 617. The number of carbonyl (C=O) groups is 1. The standard InChI is InChI=1S/C14H20N6O/c1-11-7-12(2)20(17-11)13-3-5-18(8-13)14(21)4-6-19-10-15-9-16-19/h7,9-10,13H,3-6,8H2,1-2H3/t13-/m1/s1. The molecule has 1 aliphatic rings. The smallest absolute Gasteiger partial charge is 0.224 e. The SMILES string of the molecule is Cc1cc(C)n([C@@H]2CCN(C(=O)CCn3cncn3)C2)n1. The van der Waals surface area contributed by atoms with E-state index < -0.39 is 0 Å². The van der Waals surface area contributed by atoms with Crippen LogP contribution < -0.4 is 0 Å². The predicted molar refractivity (Wildman–Crippen MR) is 76.6 cm³/mol. The van der Waals surface area contributed by atoms with Gasteiger partial charge in [-0.1, -0.05) is 0 Å². The summed E-state index contributed by atoms with van der Waals surface area (Å²) in [4.78, 5) is 18.0. The summed E-state index contributed by atoms with van der Waals surface area (Å²) in [6.07, 6.45) is 4.55. The van der Waals surface area contributed by atoms with Gasteiger partial charge in [-0.2, -0.15) is 10.2 Å². The summed E-state index contributed by atoms with van der Waals surface area (Å²) in [5.74, 6) is 0.175. The Morgan fingerprint density at radius 2 is 2.29 bits per heavy atom. The number of rotatable bonds is 4. The van der Waals surface area contributed by atoms with Crippen molar-refractivity contribution in [3.05, 3.63) is 30.1 Å². The fraction of sp³-hybridized carbons (Fsp3) is 0.571. The number of nitrogens with zero attached hydrogens (tertiary/aromatic N) is 6. The van der Waals surface area contributed by atoms with E-state index in [-0.39, 0.29) is 5.91 Å². The maximum Gasteiger partial charge on any atom is 0.224 e. The maximum absolute atomic E-state index is 12.2. The second-order valence-corrected chi connectivity index (χ2v) is 5.56. The molecule has 0 spiro atoms. The Labute approximate surface area is 123 Å². The van der Waals surface area contributed by atoms with Crippen LogP contribution in [0.25, 0.3) is 0 Å². The van der Waals surface area contributed by atoms with E-state index in [1.54, 1.807) is 11.0 Å². The molecule has 0 N–H and O–H groups in total. The van der Waals surface area contributed by atoms with E-state index in [1.807, 2.05) is 11.8 Å². The molecule has 21 heavy (non-hydrogen) atoms. The number of carbonyl (C=O) groups excluding carboxylic acids is 1. The minimum atomic E-state index is 0.175. The molecule has 3 rings (SSSR count). The van der Waals surface area contributed by atoms with Crippen LogP contribution in [-0.4, -0.2) is 48.4 Å². The van der Waals surface area contributed by atoms with Crippen LogP contribution in [-0.2, 0) is 11.3 Å².